The molecule has 0 aliphatic carbocycles. The lowest BCUT2D eigenvalue weighted by Crippen LogP contribution is -2.25. The Morgan fingerprint density at radius 3 is 2.63 bits per heavy atom. The number of benzene rings is 1. The van der Waals surface area contributed by atoms with Crippen LogP contribution < -0.4 is 10.1 Å². The highest BCUT2D eigenvalue weighted by atomic mass is 32.2. The summed E-state index contributed by atoms with van der Waals surface area (Å²) in [5, 5.41) is 3.36. The van der Waals surface area contributed by atoms with E-state index in [9.17, 15) is 13.0 Å². The van der Waals surface area contributed by atoms with E-state index in [1.807, 2.05) is 0 Å². The molecule has 19 heavy (non-hydrogen) atoms. The zero-order valence-electron chi connectivity index (χ0n) is 10.6. The quantitative estimate of drug-likeness (QED) is 0.928. The van der Waals surface area contributed by atoms with E-state index in [0.717, 1.165) is 12.1 Å². The smallest absolute Gasteiger partial charge is 0.387 e. The van der Waals surface area contributed by atoms with Crippen molar-refractivity contribution in [1.82, 2.24) is 5.32 Å². The summed E-state index contributed by atoms with van der Waals surface area (Å²) in [4.78, 5) is 0. The normalized spacial score (nSPS) is 28.1. The van der Waals surface area contributed by atoms with Gasteiger partial charge >= 0.3 is 6.61 Å². The average molecular weight is 289 g/mol. The van der Waals surface area contributed by atoms with Crippen LogP contribution in [0.2, 0.25) is 0 Å². The molecule has 1 saturated heterocycles. The highest BCUT2D eigenvalue weighted by molar-refractivity contribution is 7.85. The maximum absolute atomic E-state index is 12.0. The van der Waals surface area contributed by atoms with Crippen LogP contribution in [0.15, 0.2) is 24.3 Å². The molecule has 0 bridgehead atoms. The third-order valence-corrected chi connectivity index (χ3v) is 4.69. The molecule has 6 heteroatoms. The van der Waals surface area contributed by atoms with E-state index in [1.54, 1.807) is 12.1 Å². The summed E-state index contributed by atoms with van der Waals surface area (Å²) in [6.07, 6.45) is 0. The van der Waals surface area contributed by atoms with Crippen LogP contribution in [0.3, 0.4) is 0 Å². The van der Waals surface area contributed by atoms with Gasteiger partial charge in [0.15, 0.2) is 0 Å². The Balaban J connectivity index is 2.06. The summed E-state index contributed by atoms with van der Waals surface area (Å²) in [6, 6.07) is 6.51. The van der Waals surface area contributed by atoms with Crippen LogP contribution in [0.25, 0.3) is 0 Å². The fourth-order valence-electron chi connectivity index (χ4n) is 2.13. The number of ether oxygens (including phenoxy) is 1. The molecule has 1 N–H and O–H groups in total. The third kappa shape index (κ3) is 4.24. The molecule has 1 aromatic rings. The van der Waals surface area contributed by atoms with Gasteiger partial charge in [0.2, 0.25) is 0 Å². The van der Waals surface area contributed by atoms with Gasteiger partial charge in [-0.15, -0.1) is 0 Å². The van der Waals surface area contributed by atoms with E-state index in [0.29, 0.717) is 17.4 Å². The molecule has 1 fully saturated rings. The molecule has 3 unspecified atom stereocenters. The van der Waals surface area contributed by atoms with Crippen LogP contribution >= 0.6 is 0 Å². The summed E-state index contributed by atoms with van der Waals surface area (Å²) in [6.45, 7) is 0.0636. The van der Waals surface area contributed by atoms with Gasteiger partial charge in [-0.25, -0.2) is 0 Å². The van der Waals surface area contributed by atoms with Crippen molar-refractivity contribution < 1.29 is 17.7 Å². The van der Waals surface area contributed by atoms with Crippen molar-refractivity contribution in [3.8, 4) is 5.75 Å². The number of nitrogens with one attached hydrogen (secondary N) is 1. The molecule has 2 rings (SSSR count). The molecule has 1 aliphatic heterocycles. The second kappa shape index (κ2) is 6.43. The van der Waals surface area contributed by atoms with Crippen LogP contribution in [0, 0.1) is 5.92 Å². The van der Waals surface area contributed by atoms with E-state index in [1.165, 1.54) is 12.1 Å². The number of hydrogen-bond acceptors (Lipinski definition) is 3. The van der Waals surface area contributed by atoms with E-state index >= 15 is 0 Å². The van der Waals surface area contributed by atoms with Gasteiger partial charge in [0.05, 0.1) is 0 Å². The first-order valence-corrected chi connectivity index (χ1v) is 7.66. The fraction of sp³-hybridized carbons (Fsp3) is 0.538. The molecule has 0 spiro atoms. The Kier molecular flexibility index (Phi) is 4.87. The lowest BCUT2D eigenvalue weighted by atomic mass is 10.1. The highest BCUT2D eigenvalue weighted by Gasteiger charge is 2.21. The Labute approximate surface area is 113 Å². The van der Waals surface area contributed by atoms with E-state index in [4.69, 9.17) is 0 Å². The maximum Gasteiger partial charge on any atom is 0.387 e. The first-order valence-electron chi connectivity index (χ1n) is 6.17. The van der Waals surface area contributed by atoms with Crippen molar-refractivity contribution in [2.24, 2.45) is 5.92 Å². The zero-order valence-corrected chi connectivity index (χ0v) is 11.5. The monoisotopic (exact) mass is 289 g/mol. The summed E-state index contributed by atoms with van der Waals surface area (Å²) < 4.78 is 40.2. The Bertz CT molecular complexity index is 439. The van der Waals surface area contributed by atoms with Crippen LogP contribution in [0.4, 0.5) is 8.78 Å². The number of rotatable bonds is 3. The lowest BCUT2D eigenvalue weighted by Gasteiger charge is -2.16. The molecule has 1 aromatic carbocycles. The van der Waals surface area contributed by atoms with Gasteiger partial charge < -0.3 is 10.1 Å². The number of hydrogen-bond donors (Lipinski definition) is 1. The molecule has 1 aliphatic rings. The van der Waals surface area contributed by atoms with Crippen molar-refractivity contribution in [3.05, 3.63) is 29.8 Å². The molecule has 3 nitrogen and oxygen atoms in total. The summed E-state index contributed by atoms with van der Waals surface area (Å²) >= 11 is 0. The second-order valence-electron chi connectivity index (χ2n) is 4.79. The predicted octanol–water partition coefficient (Wildman–Crippen LogP) is 2.32. The van der Waals surface area contributed by atoms with Crippen molar-refractivity contribution in [3.63, 3.8) is 0 Å². The van der Waals surface area contributed by atoms with Gasteiger partial charge in [0.25, 0.3) is 0 Å². The molecule has 3 atom stereocenters. The average Bonchev–Trinajstić information content (AvgIpc) is 2.50. The molecule has 0 saturated carbocycles. The molecule has 0 aromatic heterocycles. The highest BCUT2D eigenvalue weighted by Crippen LogP contribution is 2.22. The van der Waals surface area contributed by atoms with Gasteiger partial charge in [-0.3, -0.25) is 4.21 Å². The third-order valence-electron chi connectivity index (χ3n) is 3.04. The van der Waals surface area contributed by atoms with E-state index < -0.39 is 17.4 Å². The van der Waals surface area contributed by atoms with E-state index in [2.05, 4.69) is 17.0 Å². The Morgan fingerprint density at radius 1 is 1.32 bits per heavy atom. The van der Waals surface area contributed by atoms with Crippen molar-refractivity contribution in [2.45, 2.75) is 19.6 Å². The van der Waals surface area contributed by atoms with Crippen LogP contribution in [-0.4, -0.2) is 28.9 Å². The lowest BCUT2D eigenvalue weighted by molar-refractivity contribution is -0.0498. The minimum atomic E-state index is -2.81. The first kappa shape index (κ1) is 14.4. The standard InChI is InChI=1S/C13H17F2NO2S/c1-9-6-16-12(8-19(17)7-9)10-2-4-11(5-3-10)18-13(14)15/h2-5,9,12-13,16H,6-8H2,1H3. The van der Waals surface area contributed by atoms with Gasteiger partial charge in [0.1, 0.15) is 5.75 Å². The van der Waals surface area contributed by atoms with Crippen LogP contribution in [-0.2, 0) is 10.8 Å². The molecule has 0 radical (unpaired) electrons. The van der Waals surface area contributed by atoms with Gasteiger partial charge in [0, 0.05) is 28.3 Å². The van der Waals surface area contributed by atoms with Crippen LogP contribution in [0.5, 0.6) is 5.75 Å². The van der Waals surface area contributed by atoms with E-state index in [-0.39, 0.29) is 11.8 Å². The Hall–Kier alpha value is -1.01. The molecule has 0 amide bonds. The second-order valence-corrected chi connectivity index (χ2v) is 6.33. The summed E-state index contributed by atoms with van der Waals surface area (Å²) in [7, 11) is -0.846. The molecule has 106 valence electrons. The van der Waals surface area contributed by atoms with Crippen molar-refractivity contribution in [1.29, 1.82) is 0 Å². The van der Waals surface area contributed by atoms with Gasteiger partial charge in [-0.05, 0) is 30.2 Å². The summed E-state index contributed by atoms with van der Waals surface area (Å²) in [5.74, 6) is 1.78. The molecule has 1 heterocycles. The maximum atomic E-state index is 12.0. The SMILES string of the molecule is CC1CNC(c2ccc(OC(F)F)cc2)CS(=O)C1. The predicted molar refractivity (Wildman–Crippen MR) is 70.9 cm³/mol. The van der Waals surface area contributed by atoms with Crippen molar-refractivity contribution >= 4 is 10.8 Å². The first-order chi connectivity index (χ1) is 9.04. The van der Waals surface area contributed by atoms with Crippen LogP contribution in [0.1, 0.15) is 18.5 Å². The van der Waals surface area contributed by atoms with Crippen molar-refractivity contribution in [2.75, 3.05) is 18.1 Å². The van der Waals surface area contributed by atoms with Gasteiger partial charge in [-0.2, -0.15) is 8.78 Å². The van der Waals surface area contributed by atoms with Gasteiger partial charge in [-0.1, -0.05) is 19.1 Å². The largest absolute Gasteiger partial charge is 0.435 e. The summed E-state index contributed by atoms with van der Waals surface area (Å²) in [5.41, 5.74) is 0.948. The topological polar surface area (TPSA) is 38.3 Å². The zero-order chi connectivity index (χ0) is 13.8. The Morgan fingerprint density at radius 2 is 2.00 bits per heavy atom. The minimum Gasteiger partial charge on any atom is -0.435 e. The number of halogens is 2. The molecular weight excluding hydrogens is 272 g/mol. The fourth-order valence-corrected chi connectivity index (χ4v) is 3.70. The minimum absolute atomic E-state index is 0.00591. The molecular formula is C13H17F2NO2S. The number of alkyl halides is 2.